The summed E-state index contributed by atoms with van der Waals surface area (Å²) in [5, 5.41) is 0. The number of ketones is 1. The van der Waals surface area contributed by atoms with Gasteiger partial charge < -0.3 is 0 Å². The number of Topliss-reactive ketones (excluding diaryl/α,β-unsaturated/α-hetero) is 1. The highest BCUT2D eigenvalue weighted by Gasteiger charge is 2.28. The van der Waals surface area contributed by atoms with Crippen molar-refractivity contribution in [2.75, 3.05) is 0 Å². The van der Waals surface area contributed by atoms with Gasteiger partial charge >= 0.3 is 0 Å². The lowest BCUT2D eigenvalue weighted by Crippen LogP contribution is -2.21. The molecule has 3 rings (SSSR count). The number of hydrogen-bond acceptors (Lipinski definition) is 1. The van der Waals surface area contributed by atoms with Gasteiger partial charge in [0.15, 0.2) is 0 Å². The van der Waals surface area contributed by atoms with E-state index in [9.17, 15) is 4.79 Å². The van der Waals surface area contributed by atoms with Gasteiger partial charge in [0.25, 0.3) is 0 Å². The Kier molecular flexibility index (Phi) is 3.16. The Balaban J connectivity index is 1.89. The van der Waals surface area contributed by atoms with Crippen molar-refractivity contribution >= 4 is 5.78 Å². The number of rotatable bonds is 1. The molecule has 2 aromatic carbocycles. The highest BCUT2D eigenvalue weighted by atomic mass is 16.1. The Labute approximate surface area is 113 Å². The van der Waals surface area contributed by atoms with Gasteiger partial charge in [-0.3, -0.25) is 4.79 Å². The van der Waals surface area contributed by atoms with Gasteiger partial charge in [-0.15, -0.1) is 0 Å². The van der Waals surface area contributed by atoms with Crippen LogP contribution in [-0.2, 0) is 4.79 Å². The molecular formula is C18H14O. The molecule has 1 saturated carbocycles. The minimum absolute atomic E-state index is 0.357. The summed E-state index contributed by atoms with van der Waals surface area (Å²) < 4.78 is 0. The summed E-state index contributed by atoms with van der Waals surface area (Å²) in [6.45, 7) is 0. The SMILES string of the molecule is O=C1CC(c2ccccc2C#Cc2ccccc2)C1. The standard InChI is InChI=1S/C18H14O/c19-17-12-16(13-17)18-9-5-4-8-15(18)11-10-14-6-2-1-3-7-14/h1-9,16H,12-13H2. The van der Waals surface area contributed by atoms with E-state index in [1.54, 1.807) is 0 Å². The molecule has 1 nitrogen and oxygen atoms in total. The monoisotopic (exact) mass is 246 g/mol. The summed E-state index contributed by atoms with van der Waals surface area (Å²) in [5.41, 5.74) is 3.27. The Bertz CT molecular complexity index is 651. The predicted octanol–water partition coefficient (Wildman–Crippen LogP) is 3.53. The first kappa shape index (κ1) is 11.7. The molecule has 92 valence electrons. The average molecular weight is 246 g/mol. The van der Waals surface area contributed by atoms with E-state index in [0.29, 0.717) is 24.5 Å². The van der Waals surface area contributed by atoms with E-state index in [-0.39, 0.29) is 0 Å². The van der Waals surface area contributed by atoms with E-state index >= 15 is 0 Å². The van der Waals surface area contributed by atoms with Crippen molar-refractivity contribution in [3.05, 3.63) is 71.3 Å². The Hall–Kier alpha value is -2.33. The topological polar surface area (TPSA) is 17.1 Å². The van der Waals surface area contributed by atoms with E-state index in [1.165, 1.54) is 5.56 Å². The first-order valence-corrected chi connectivity index (χ1v) is 6.50. The normalized spacial score (nSPS) is 14.4. The minimum atomic E-state index is 0.357. The number of carbonyl (C=O) groups is 1. The van der Waals surface area contributed by atoms with Crippen LogP contribution in [0, 0.1) is 11.8 Å². The Morgan fingerprint density at radius 1 is 0.842 bits per heavy atom. The van der Waals surface area contributed by atoms with E-state index in [1.807, 2.05) is 48.5 Å². The largest absolute Gasteiger partial charge is 0.300 e. The molecule has 19 heavy (non-hydrogen) atoms. The summed E-state index contributed by atoms with van der Waals surface area (Å²) >= 11 is 0. The number of carbonyl (C=O) groups excluding carboxylic acids is 1. The van der Waals surface area contributed by atoms with Crippen LogP contribution in [0.15, 0.2) is 54.6 Å². The molecule has 0 aromatic heterocycles. The summed E-state index contributed by atoms with van der Waals surface area (Å²) in [7, 11) is 0. The molecule has 2 aromatic rings. The van der Waals surface area contributed by atoms with E-state index in [2.05, 4.69) is 17.9 Å². The lowest BCUT2D eigenvalue weighted by Gasteiger charge is -2.25. The highest BCUT2D eigenvalue weighted by Crippen LogP contribution is 2.35. The Morgan fingerprint density at radius 2 is 1.53 bits per heavy atom. The number of hydrogen-bond donors (Lipinski definition) is 0. The quantitative estimate of drug-likeness (QED) is 0.703. The zero-order valence-corrected chi connectivity index (χ0v) is 10.6. The lowest BCUT2D eigenvalue weighted by atomic mass is 9.77. The van der Waals surface area contributed by atoms with Crippen LogP contribution in [0.1, 0.15) is 35.4 Å². The molecule has 1 aliphatic rings. The van der Waals surface area contributed by atoms with Crippen molar-refractivity contribution in [3.8, 4) is 11.8 Å². The predicted molar refractivity (Wildman–Crippen MR) is 75.8 cm³/mol. The molecule has 1 fully saturated rings. The average Bonchev–Trinajstić information content (AvgIpc) is 2.43. The highest BCUT2D eigenvalue weighted by molar-refractivity contribution is 5.86. The third-order valence-electron chi connectivity index (χ3n) is 3.46. The van der Waals surface area contributed by atoms with Crippen LogP contribution < -0.4 is 0 Å². The first-order valence-electron chi connectivity index (χ1n) is 6.50. The van der Waals surface area contributed by atoms with Gasteiger partial charge in [-0.25, -0.2) is 0 Å². The fourth-order valence-corrected chi connectivity index (χ4v) is 2.34. The fraction of sp³-hybridized carbons (Fsp3) is 0.167. The molecule has 0 aliphatic heterocycles. The first-order chi connectivity index (χ1) is 9.33. The van der Waals surface area contributed by atoms with Crippen molar-refractivity contribution in [2.24, 2.45) is 0 Å². The second kappa shape index (κ2) is 5.12. The molecule has 0 saturated heterocycles. The minimum Gasteiger partial charge on any atom is -0.300 e. The fourth-order valence-electron chi connectivity index (χ4n) is 2.34. The summed E-state index contributed by atoms with van der Waals surface area (Å²) in [4.78, 5) is 11.1. The second-order valence-electron chi connectivity index (χ2n) is 4.85. The van der Waals surface area contributed by atoms with Crippen LogP contribution in [0.2, 0.25) is 0 Å². The maximum absolute atomic E-state index is 11.1. The van der Waals surface area contributed by atoms with Crippen molar-refractivity contribution in [2.45, 2.75) is 18.8 Å². The third kappa shape index (κ3) is 2.58. The molecule has 0 bridgehead atoms. The van der Waals surface area contributed by atoms with Gasteiger partial charge in [0, 0.05) is 24.0 Å². The van der Waals surface area contributed by atoms with Gasteiger partial charge in [0.05, 0.1) is 0 Å². The molecule has 0 radical (unpaired) electrons. The van der Waals surface area contributed by atoms with Crippen molar-refractivity contribution in [1.29, 1.82) is 0 Å². The van der Waals surface area contributed by atoms with Gasteiger partial charge in [-0.05, 0) is 29.7 Å². The molecular weight excluding hydrogens is 232 g/mol. The van der Waals surface area contributed by atoms with E-state index in [0.717, 1.165) is 11.1 Å². The molecule has 0 unspecified atom stereocenters. The maximum atomic E-state index is 11.1. The molecule has 1 aliphatic carbocycles. The second-order valence-corrected chi connectivity index (χ2v) is 4.85. The lowest BCUT2D eigenvalue weighted by molar-refractivity contribution is -0.124. The van der Waals surface area contributed by atoms with Crippen LogP contribution in [0.25, 0.3) is 0 Å². The van der Waals surface area contributed by atoms with E-state index in [4.69, 9.17) is 0 Å². The molecule has 0 atom stereocenters. The molecule has 1 heteroatoms. The van der Waals surface area contributed by atoms with Gasteiger partial charge in [0.2, 0.25) is 0 Å². The van der Waals surface area contributed by atoms with Crippen LogP contribution in [0.4, 0.5) is 0 Å². The van der Waals surface area contributed by atoms with Crippen LogP contribution in [0.3, 0.4) is 0 Å². The van der Waals surface area contributed by atoms with Gasteiger partial charge in [-0.2, -0.15) is 0 Å². The molecule has 0 N–H and O–H groups in total. The molecule has 0 spiro atoms. The van der Waals surface area contributed by atoms with Gasteiger partial charge in [0.1, 0.15) is 5.78 Å². The zero-order valence-electron chi connectivity index (χ0n) is 10.6. The van der Waals surface area contributed by atoms with Crippen LogP contribution in [-0.4, -0.2) is 5.78 Å². The van der Waals surface area contributed by atoms with Gasteiger partial charge in [-0.1, -0.05) is 48.2 Å². The number of benzene rings is 2. The van der Waals surface area contributed by atoms with Crippen LogP contribution >= 0.6 is 0 Å². The third-order valence-corrected chi connectivity index (χ3v) is 3.46. The van der Waals surface area contributed by atoms with Crippen molar-refractivity contribution in [1.82, 2.24) is 0 Å². The summed E-state index contributed by atoms with van der Waals surface area (Å²) in [6, 6.07) is 18.1. The van der Waals surface area contributed by atoms with Crippen molar-refractivity contribution < 1.29 is 4.79 Å². The summed E-state index contributed by atoms with van der Waals surface area (Å²) in [5.74, 6) is 7.14. The van der Waals surface area contributed by atoms with E-state index < -0.39 is 0 Å². The maximum Gasteiger partial charge on any atom is 0.134 e. The van der Waals surface area contributed by atoms with Crippen LogP contribution in [0.5, 0.6) is 0 Å². The van der Waals surface area contributed by atoms with Crippen molar-refractivity contribution in [3.63, 3.8) is 0 Å². The molecule has 0 heterocycles. The smallest absolute Gasteiger partial charge is 0.134 e. The Morgan fingerprint density at radius 3 is 2.26 bits per heavy atom. The zero-order chi connectivity index (χ0) is 13.1. The molecule has 0 amide bonds. The summed E-state index contributed by atoms with van der Waals surface area (Å²) in [6.07, 6.45) is 1.34.